The van der Waals surface area contributed by atoms with Gasteiger partial charge in [-0.05, 0) is 33.2 Å². The van der Waals surface area contributed by atoms with Crippen molar-refractivity contribution in [3.8, 4) is 0 Å². The Morgan fingerprint density at radius 3 is 2.29 bits per heavy atom. The van der Waals surface area contributed by atoms with Gasteiger partial charge < -0.3 is 10.1 Å². The summed E-state index contributed by atoms with van der Waals surface area (Å²) >= 11 is 0. The van der Waals surface area contributed by atoms with E-state index in [2.05, 4.69) is 12.2 Å². The molecule has 0 bridgehead atoms. The largest absolute Gasteiger partial charge is 0.460 e. The molecule has 3 nitrogen and oxygen atoms in total. The van der Waals surface area contributed by atoms with E-state index in [9.17, 15) is 4.79 Å². The molecule has 1 fully saturated rings. The zero-order valence-corrected chi connectivity index (χ0v) is 10.1. The van der Waals surface area contributed by atoms with Gasteiger partial charge in [0.25, 0.3) is 0 Å². The maximum absolute atomic E-state index is 11.6. The fourth-order valence-corrected chi connectivity index (χ4v) is 1.50. The summed E-state index contributed by atoms with van der Waals surface area (Å²) in [6, 6.07) is 0. The normalized spacial score (nSPS) is 26.9. The second kappa shape index (κ2) is 4.99. The predicted molar refractivity (Wildman–Crippen MR) is 58.6 cm³/mol. The van der Waals surface area contributed by atoms with Crippen molar-refractivity contribution in [3.05, 3.63) is 0 Å². The first-order valence-electron chi connectivity index (χ1n) is 4.84. The zero-order chi connectivity index (χ0) is 10.1. The lowest BCUT2D eigenvalue weighted by molar-refractivity contribution is -0.160. The molecule has 0 aromatic heterocycles. The van der Waals surface area contributed by atoms with E-state index in [-0.39, 0.29) is 29.9 Å². The molecule has 0 radical (unpaired) electrons. The quantitative estimate of drug-likeness (QED) is 0.684. The summed E-state index contributed by atoms with van der Waals surface area (Å²) < 4.78 is 5.31. The minimum Gasteiger partial charge on any atom is -0.460 e. The second-order valence-electron chi connectivity index (χ2n) is 4.78. The van der Waals surface area contributed by atoms with Crippen molar-refractivity contribution in [2.45, 2.75) is 33.3 Å². The van der Waals surface area contributed by atoms with Gasteiger partial charge in [0.15, 0.2) is 0 Å². The number of hydrogen-bond acceptors (Lipinski definition) is 3. The number of carbonyl (C=O) groups excluding carboxylic acids is 1. The fourth-order valence-electron chi connectivity index (χ4n) is 1.50. The molecule has 0 aromatic rings. The van der Waals surface area contributed by atoms with E-state index in [1.165, 1.54) is 0 Å². The highest BCUT2D eigenvalue weighted by Crippen LogP contribution is 2.20. The Bertz CT molecular complexity index is 201. The van der Waals surface area contributed by atoms with E-state index in [0.29, 0.717) is 5.92 Å². The lowest BCUT2D eigenvalue weighted by atomic mass is 9.98. The van der Waals surface area contributed by atoms with Crippen LogP contribution in [0.3, 0.4) is 0 Å². The average Bonchev–Trinajstić information content (AvgIpc) is 2.30. The van der Waals surface area contributed by atoms with Gasteiger partial charge in [0, 0.05) is 6.54 Å². The average molecular weight is 222 g/mol. The molecule has 4 heteroatoms. The van der Waals surface area contributed by atoms with Crippen molar-refractivity contribution in [1.29, 1.82) is 0 Å². The standard InChI is InChI=1S/C10H19NO2.ClH/c1-7-5-11-6-8(7)9(12)13-10(2,3)4;/h7-8,11H,5-6H2,1-4H3;1H/t7-,8-;/m0./s1. The highest BCUT2D eigenvalue weighted by molar-refractivity contribution is 5.85. The molecule has 1 rings (SSSR count). The van der Waals surface area contributed by atoms with Crippen LogP contribution >= 0.6 is 12.4 Å². The van der Waals surface area contributed by atoms with Crippen LogP contribution in [0, 0.1) is 11.8 Å². The van der Waals surface area contributed by atoms with Gasteiger partial charge in [-0.2, -0.15) is 0 Å². The highest BCUT2D eigenvalue weighted by atomic mass is 35.5. The number of hydrogen-bond donors (Lipinski definition) is 1. The van der Waals surface area contributed by atoms with Crippen molar-refractivity contribution in [1.82, 2.24) is 5.32 Å². The first-order valence-corrected chi connectivity index (χ1v) is 4.84. The van der Waals surface area contributed by atoms with E-state index in [4.69, 9.17) is 4.74 Å². The Morgan fingerprint density at radius 2 is 1.93 bits per heavy atom. The summed E-state index contributed by atoms with van der Waals surface area (Å²) in [5.74, 6) is 0.374. The molecule has 1 aliphatic rings. The van der Waals surface area contributed by atoms with Gasteiger partial charge in [-0.25, -0.2) is 0 Å². The van der Waals surface area contributed by atoms with Crippen molar-refractivity contribution < 1.29 is 9.53 Å². The summed E-state index contributed by atoms with van der Waals surface area (Å²) in [5.41, 5.74) is -0.362. The number of rotatable bonds is 1. The Morgan fingerprint density at radius 1 is 1.36 bits per heavy atom. The Hall–Kier alpha value is -0.280. The Kier molecular flexibility index (Phi) is 4.89. The van der Waals surface area contributed by atoms with Crippen molar-refractivity contribution in [3.63, 3.8) is 0 Å². The maximum Gasteiger partial charge on any atom is 0.311 e. The maximum atomic E-state index is 11.6. The van der Waals surface area contributed by atoms with E-state index >= 15 is 0 Å². The third kappa shape index (κ3) is 3.84. The van der Waals surface area contributed by atoms with Crippen molar-refractivity contribution in [2.24, 2.45) is 11.8 Å². The minimum absolute atomic E-state index is 0. The number of esters is 1. The van der Waals surface area contributed by atoms with Gasteiger partial charge >= 0.3 is 5.97 Å². The third-order valence-electron chi connectivity index (χ3n) is 2.23. The molecule has 1 N–H and O–H groups in total. The molecule has 0 saturated carbocycles. The van der Waals surface area contributed by atoms with Crippen LogP contribution in [0.15, 0.2) is 0 Å². The monoisotopic (exact) mass is 221 g/mol. The Labute approximate surface area is 92.0 Å². The molecule has 0 unspecified atom stereocenters. The summed E-state index contributed by atoms with van der Waals surface area (Å²) in [5, 5.41) is 3.19. The molecule has 84 valence electrons. The topological polar surface area (TPSA) is 38.3 Å². The molecule has 1 saturated heterocycles. The first-order chi connectivity index (χ1) is 5.90. The van der Waals surface area contributed by atoms with Crippen LogP contribution in [-0.4, -0.2) is 24.7 Å². The van der Waals surface area contributed by atoms with Gasteiger partial charge in [-0.1, -0.05) is 6.92 Å². The van der Waals surface area contributed by atoms with Gasteiger partial charge in [-0.3, -0.25) is 4.79 Å². The fraction of sp³-hybridized carbons (Fsp3) is 0.900. The van der Waals surface area contributed by atoms with Crippen LogP contribution in [-0.2, 0) is 9.53 Å². The highest BCUT2D eigenvalue weighted by Gasteiger charge is 2.32. The van der Waals surface area contributed by atoms with Gasteiger partial charge in [0.2, 0.25) is 0 Å². The van der Waals surface area contributed by atoms with Crippen LogP contribution in [0.25, 0.3) is 0 Å². The molecule has 0 aliphatic carbocycles. The molecule has 0 amide bonds. The second-order valence-corrected chi connectivity index (χ2v) is 4.78. The summed E-state index contributed by atoms with van der Waals surface area (Å²) in [4.78, 5) is 11.6. The Balaban J connectivity index is 0.00000169. The third-order valence-corrected chi connectivity index (χ3v) is 2.23. The van der Waals surface area contributed by atoms with Crippen molar-refractivity contribution in [2.75, 3.05) is 13.1 Å². The van der Waals surface area contributed by atoms with Crippen LogP contribution in [0.4, 0.5) is 0 Å². The summed E-state index contributed by atoms with van der Waals surface area (Å²) in [6.07, 6.45) is 0. The number of halogens is 1. The number of carbonyl (C=O) groups is 1. The molecule has 0 spiro atoms. The molecule has 1 heterocycles. The first kappa shape index (κ1) is 13.7. The van der Waals surface area contributed by atoms with Gasteiger partial charge in [-0.15, -0.1) is 12.4 Å². The minimum atomic E-state index is -0.362. The zero-order valence-electron chi connectivity index (χ0n) is 9.29. The van der Waals surface area contributed by atoms with Gasteiger partial charge in [0.05, 0.1) is 5.92 Å². The van der Waals surface area contributed by atoms with Crippen LogP contribution in [0.1, 0.15) is 27.7 Å². The lowest BCUT2D eigenvalue weighted by Gasteiger charge is -2.23. The molecule has 0 aromatic carbocycles. The van der Waals surface area contributed by atoms with Gasteiger partial charge in [0.1, 0.15) is 5.60 Å². The molecular weight excluding hydrogens is 202 g/mol. The van der Waals surface area contributed by atoms with E-state index in [1.807, 2.05) is 20.8 Å². The molecule has 2 atom stereocenters. The van der Waals surface area contributed by atoms with Crippen LogP contribution < -0.4 is 5.32 Å². The molecule has 1 aliphatic heterocycles. The number of nitrogens with one attached hydrogen (secondary N) is 1. The van der Waals surface area contributed by atoms with Crippen LogP contribution in [0.2, 0.25) is 0 Å². The smallest absolute Gasteiger partial charge is 0.311 e. The van der Waals surface area contributed by atoms with Crippen LogP contribution in [0.5, 0.6) is 0 Å². The predicted octanol–water partition coefficient (Wildman–Crippen LogP) is 1.61. The number of ether oxygens (including phenoxy) is 1. The SMILES string of the molecule is C[C@H]1CNC[C@@H]1C(=O)OC(C)(C)C.Cl. The van der Waals surface area contributed by atoms with E-state index in [0.717, 1.165) is 13.1 Å². The van der Waals surface area contributed by atoms with E-state index < -0.39 is 0 Å². The lowest BCUT2D eigenvalue weighted by Crippen LogP contribution is -2.31. The van der Waals surface area contributed by atoms with E-state index in [1.54, 1.807) is 0 Å². The summed E-state index contributed by atoms with van der Waals surface area (Å²) in [6.45, 7) is 9.46. The molecular formula is C10H20ClNO2. The summed E-state index contributed by atoms with van der Waals surface area (Å²) in [7, 11) is 0. The van der Waals surface area contributed by atoms with Crippen molar-refractivity contribution >= 4 is 18.4 Å². The molecule has 14 heavy (non-hydrogen) atoms.